The maximum absolute atomic E-state index is 14.1. The minimum atomic E-state index is -1.71. The number of nitrogens with zero attached hydrogens (tertiary/aromatic N) is 3. The van der Waals surface area contributed by atoms with Crippen molar-refractivity contribution in [1.29, 1.82) is 0 Å². The van der Waals surface area contributed by atoms with E-state index in [1.807, 2.05) is 32.0 Å². The number of carbonyl (C=O) groups excluding carboxylic acids is 3. The molecule has 0 radical (unpaired) electrons. The lowest BCUT2D eigenvalue weighted by Gasteiger charge is -2.34. The maximum atomic E-state index is 14.1. The van der Waals surface area contributed by atoms with Crippen LogP contribution in [0.5, 0.6) is 5.75 Å². The molecule has 8 nitrogen and oxygen atoms in total. The van der Waals surface area contributed by atoms with Crippen molar-refractivity contribution in [2.45, 2.75) is 18.9 Å². The zero-order valence-corrected chi connectivity index (χ0v) is 19.9. The summed E-state index contributed by atoms with van der Waals surface area (Å²) in [6, 6.07) is 13.7. The van der Waals surface area contributed by atoms with Crippen LogP contribution < -0.4 is 9.64 Å². The summed E-state index contributed by atoms with van der Waals surface area (Å²) < 4.78 is 5.19. The number of ether oxygens (including phenoxy) is 1. The van der Waals surface area contributed by atoms with Crippen molar-refractivity contribution in [3.8, 4) is 5.75 Å². The molecular formula is C26H29N3O5. The van der Waals surface area contributed by atoms with Gasteiger partial charge in [0.25, 0.3) is 17.6 Å². The van der Waals surface area contributed by atoms with Crippen LogP contribution in [0.1, 0.15) is 24.5 Å². The van der Waals surface area contributed by atoms with Gasteiger partial charge in [-0.25, -0.2) is 0 Å². The molecule has 2 aromatic carbocycles. The van der Waals surface area contributed by atoms with E-state index in [9.17, 15) is 19.5 Å². The third-order valence-electron chi connectivity index (χ3n) is 6.48. The van der Waals surface area contributed by atoms with E-state index in [1.54, 1.807) is 47.4 Å². The number of anilines is 1. The Hall–Kier alpha value is -3.65. The number of methoxy groups -OCH3 is 1. The van der Waals surface area contributed by atoms with Crippen LogP contribution in [0.3, 0.4) is 0 Å². The van der Waals surface area contributed by atoms with Crippen LogP contribution in [0.25, 0.3) is 5.76 Å². The second-order valence-electron chi connectivity index (χ2n) is 8.67. The predicted octanol–water partition coefficient (Wildman–Crippen LogP) is 2.59. The molecule has 0 unspecified atom stereocenters. The molecule has 2 amide bonds. The summed E-state index contributed by atoms with van der Waals surface area (Å²) >= 11 is 0. The Balaban J connectivity index is 1.98. The number of aliphatic hydroxyl groups is 1. The van der Waals surface area contributed by atoms with Gasteiger partial charge < -0.3 is 24.5 Å². The molecule has 2 heterocycles. The van der Waals surface area contributed by atoms with Crippen LogP contribution in [0.2, 0.25) is 0 Å². The molecule has 2 aromatic rings. The number of rotatable bonds is 7. The van der Waals surface area contributed by atoms with E-state index in [0.717, 1.165) is 0 Å². The van der Waals surface area contributed by atoms with Gasteiger partial charge in [0.05, 0.1) is 18.4 Å². The molecular weight excluding hydrogens is 434 g/mol. The number of para-hydroxylation sites is 1. The van der Waals surface area contributed by atoms with Gasteiger partial charge in [-0.05, 0) is 64.3 Å². The van der Waals surface area contributed by atoms with Crippen molar-refractivity contribution in [2.75, 3.05) is 45.7 Å². The highest BCUT2D eigenvalue weighted by atomic mass is 16.5. The van der Waals surface area contributed by atoms with E-state index in [1.165, 1.54) is 12.0 Å². The fourth-order valence-corrected chi connectivity index (χ4v) is 4.92. The molecule has 1 N–H and O–H groups in total. The fourth-order valence-electron chi connectivity index (χ4n) is 4.92. The van der Waals surface area contributed by atoms with Crippen LogP contribution in [-0.2, 0) is 19.9 Å². The highest BCUT2D eigenvalue weighted by Gasteiger charge is 2.66. The van der Waals surface area contributed by atoms with Crippen molar-refractivity contribution < 1.29 is 24.2 Å². The predicted molar refractivity (Wildman–Crippen MR) is 129 cm³/mol. The number of hydrogen-bond donors (Lipinski definition) is 1. The van der Waals surface area contributed by atoms with Gasteiger partial charge in [0.15, 0.2) is 5.54 Å². The van der Waals surface area contributed by atoms with Gasteiger partial charge in [0.2, 0.25) is 0 Å². The summed E-state index contributed by atoms with van der Waals surface area (Å²) in [5.74, 6) is -1.85. The second kappa shape index (κ2) is 8.95. The molecule has 34 heavy (non-hydrogen) atoms. The molecule has 1 spiro atoms. The van der Waals surface area contributed by atoms with Gasteiger partial charge in [-0.1, -0.05) is 18.2 Å². The Morgan fingerprint density at radius 3 is 2.35 bits per heavy atom. The van der Waals surface area contributed by atoms with Crippen molar-refractivity contribution in [1.82, 2.24) is 9.80 Å². The third kappa shape index (κ3) is 3.37. The number of fused-ring (bicyclic) bond motifs is 2. The summed E-state index contributed by atoms with van der Waals surface area (Å²) in [5, 5.41) is 11.4. The molecule has 1 fully saturated rings. The number of likely N-dealkylation sites (tertiary alicyclic amines) is 1. The molecule has 4 rings (SSSR count). The third-order valence-corrected chi connectivity index (χ3v) is 6.48. The molecule has 2 aliphatic heterocycles. The highest BCUT2D eigenvalue weighted by molar-refractivity contribution is 6.50. The molecule has 1 atom stereocenters. The molecule has 0 aliphatic carbocycles. The van der Waals surface area contributed by atoms with Crippen LogP contribution >= 0.6 is 0 Å². The number of likely N-dealkylation sites (N-methyl/N-ethyl adjacent to an activating group) is 1. The first-order valence-electron chi connectivity index (χ1n) is 11.3. The number of ketones is 1. The molecule has 8 heteroatoms. The lowest BCUT2D eigenvalue weighted by atomic mass is 9.82. The van der Waals surface area contributed by atoms with E-state index in [4.69, 9.17) is 4.74 Å². The van der Waals surface area contributed by atoms with Gasteiger partial charge in [-0.15, -0.1) is 0 Å². The van der Waals surface area contributed by atoms with E-state index < -0.39 is 23.1 Å². The average molecular weight is 464 g/mol. The first-order valence-corrected chi connectivity index (χ1v) is 11.3. The van der Waals surface area contributed by atoms with Gasteiger partial charge in [0.1, 0.15) is 11.5 Å². The lowest BCUT2D eigenvalue weighted by Crippen LogP contribution is -2.52. The first-order chi connectivity index (χ1) is 16.3. The van der Waals surface area contributed by atoms with E-state index >= 15 is 0 Å². The topological polar surface area (TPSA) is 90.4 Å². The molecule has 0 aromatic heterocycles. The smallest absolute Gasteiger partial charge is 0.296 e. The van der Waals surface area contributed by atoms with Crippen LogP contribution in [-0.4, -0.2) is 73.3 Å². The Kier molecular flexibility index (Phi) is 6.18. The second-order valence-corrected chi connectivity index (χ2v) is 8.67. The number of benzene rings is 2. The van der Waals surface area contributed by atoms with E-state index in [-0.39, 0.29) is 17.9 Å². The number of carbonyl (C=O) groups is 3. The van der Waals surface area contributed by atoms with Gasteiger partial charge in [0, 0.05) is 24.2 Å². The number of Topliss-reactive ketones (excluding diaryl/α,β-unsaturated/α-hetero) is 1. The molecule has 2 aliphatic rings. The SMILES string of the molecule is CCN1C(=O)[C@]2(C(=C(O)c3ccc(OC)cc3)C(=O)C(=O)N2CCCN(C)C)c2ccccc21. The summed E-state index contributed by atoms with van der Waals surface area (Å²) in [4.78, 5) is 45.8. The van der Waals surface area contributed by atoms with E-state index in [2.05, 4.69) is 0 Å². The minimum Gasteiger partial charge on any atom is -0.507 e. The van der Waals surface area contributed by atoms with Crippen LogP contribution in [0.15, 0.2) is 54.1 Å². The summed E-state index contributed by atoms with van der Waals surface area (Å²) in [6.07, 6.45) is 0.561. The normalized spacial score (nSPS) is 21.1. The van der Waals surface area contributed by atoms with Crippen LogP contribution in [0, 0.1) is 0 Å². The Labute approximate surface area is 199 Å². The van der Waals surface area contributed by atoms with E-state index in [0.29, 0.717) is 42.1 Å². The highest BCUT2D eigenvalue weighted by Crippen LogP contribution is 2.53. The van der Waals surface area contributed by atoms with Crippen molar-refractivity contribution in [3.05, 3.63) is 65.2 Å². The quantitative estimate of drug-likeness (QED) is 0.386. The fraction of sp³-hybridized carbons (Fsp3) is 0.346. The number of hydrogen-bond acceptors (Lipinski definition) is 6. The van der Waals surface area contributed by atoms with Gasteiger partial charge in [-0.3, -0.25) is 14.4 Å². The maximum Gasteiger partial charge on any atom is 0.296 e. The summed E-state index contributed by atoms with van der Waals surface area (Å²) in [6.45, 7) is 3.07. The molecule has 178 valence electrons. The van der Waals surface area contributed by atoms with Crippen molar-refractivity contribution in [3.63, 3.8) is 0 Å². The van der Waals surface area contributed by atoms with Crippen molar-refractivity contribution >= 4 is 29.0 Å². The minimum absolute atomic E-state index is 0.194. The molecule has 1 saturated heterocycles. The molecule has 0 saturated carbocycles. The lowest BCUT2D eigenvalue weighted by molar-refractivity contribution is -0.143. The monoisotopic (exact) mass is 463 g/mol. The standard InChI is InChI=1S/C26H29N3O5/c1-5-28-20-10-7-6-9-19(20)26(25(28)33)21(22(30)17-11-13-18(34-4)14-12-17)23(31)24(32)29(26)16-8-15-27(2)3/h6-7,9-14,30H,5,8,15-16H2,1-4H3/t26-/m1/s1. The Morgan fingerprint density at radius 2 is 1.74 bits per heavy atom. The first kappa shape index (κ1) is 23.5. The number of amides is 2. The van der Waals surface area contributed by atoms with Gasteiger partial charge >= 0.3 is 0 Å². The molecule has 0 bridgehead atoms. The van der Waals surface area contributed by atoms with Gasteiger partial charge in [-0.2, -0.15) is 0 Å². The average Bonchev–Trinajstić information content (AvgIpc) is 3.21. The largest absolute Gasteiger partial charge is 0.507 e. The Bertz CT molecular complexity index is 1170. The zero-order chi connectivity index (χ0) is 24.6. The number of aliphatic hydroxyl groups excluding tert-OH is 1. The van der Waals surface area contributed by atoms with Crippen LogP contribution in [0.4, 0.5) is 5.69 Å². The van der Waals surface area contributed by atoms with Crippen molar-refractivity contribution in [2.24, 2.45) is 0 Å². The summed E-state index contributed by atoms with van der Waals surface area (Å²) in [7, 11) is 5.37. The summed E-state index contributed by atoms with van der Waals surface area (Å²) in [5.41, 5.74) is -0.416. The Morgan fingerprint density at radius 1 is 1.06 bits per heavy atom. The zero-order valence-electron chi connectivity index (χ0n) is 19.9.